The molecular formula is C15H30N2O. The highest BCUT2D eigenvalue weighted by atomic mass is 16.5. The van der Waals surface area contributed by atoms with E-state index < -0.39 is 0 Å². The molecule has 0 aromatic heterocycles. The van der Waals surface area contributed by atoms with E-state index in [-0.39, 0.29) is 5.54 Å². The first-order valence-corrected chi connectivity index (χ1v) is 7.74. The first kappa shape index (κ1) is 14.3. The summed E-state index contributed by atoms with van der Waals surface area (Å²) in [5.41, 5.74) is 6.67. The Morgan fingerprint density at radius 2 is 2.17 bits per heavy atom. The molecule has 3 unspecified atom stereocenters. The van der Waals surface area contributed by atoms with E-state index in [2.05, 4.69) is 18.7 Å². The zero-order chi connectivity index (χ0) is 13.0. The Kier molecular flexibility index (Phi) is 5.05. The fourth-order valence-electron chi connectivity index (χ4n) is 3.67. The SMILES string of the molecule is CCN(CC1CCCO1)CC1(N)CCCC(C)C1. The van der Waals surface area contributed by atoms with Crippen LogP contribution in [0.25, 0.3) is 0 Å². The molecule has 3 nitrogen and oxygen atoms in total. The molecule has 2 rings (SSSR count). The smallest absolute Gasteiger partial charge is 0.0702 e. The first-order valence-electron chi connectivity index (χ1n) is 7.74. The van der Waals surface area contributed by atoms with Gasteiger partial charge in [0.25, 0.3) is 0 Å². The van der Waals surface area contributed by atoms with Gasteiger partial charge in [0.05, 0.1) is 6.10 Å². The van der Waals surface area contributed by atoms with Gasteiger partial charge in [-0.1, -0.05) is 26.7 Å². The monoisotopic (exact) mass is 254 g/mol. The average molecular weight is 254 g/mol. The minimum absolute atomic E-state index is 0.0479. The highest BCUT2D eigenvalue weighted by Crippen LogP contribution is 2.31. The molecule has 0 aromatic rings. The van der Waals surface area contributed by atoms with Crippen molar-refractivity contribution in [3.05, 3.63) is 0 Å². The normalized spacial score (nSPS) is 37.3. The molecule has 0 aromatic carbocycles. The Morgan fingerprint density at radius 1 is 1.33 bits per heavy atom. The van der Waals surface area contributed by atoms with Gasteiger partial charge < -0.3 is 10.5 Å². The Morgan fingerprint density at radius 3 is 2.78 bits per heavy atom. The molecule has 0 bridgehead atoms. The third-order valence-corrected chi connectivity index (χ3v) is 4.60. The van der Waals surface area contributed by atoms with Crippen LogP contribution in [-0.2, 0) is 4.74 Å². The molecule has 0 amide bonds. The molecule has 106 valence electrons. The lowest BCUT2D eigenvalue weighted by Gasteiger charge is -2.40. The third kappa shape index (κ3) is 3.94. The number of hydrogen-bond donors (Lipinski definition) is 1. The molecular weight excluding hydrogens is 224 g/mol. The molecule has 0 spiro atoms. The van der Waals surface area contributed by atoms with Crippen LogP contribution in [0.15, 0.2) is 0 Å². The highest BCUT2D eigenvalue weighted by Gasteiger charge is 2.33. The van der Waals surface area contributed by atoms with Gasteiger partial charge in [-0.2, -0.15) is 0 Å². The van der Waals surface area contributed by atoms with Crippen molar-refractivity contribution in [2.24, 2.45) is 11.7 Å². The second-order valence-corrected chi connectivity index (χ2v) is 6.53. The summed E-state index contributed by atoms with van der Waals surface area (Å²) >= 11 is 0. The van der Waals surface area contributed by atoms with Crippen molar-refractivity contribution in [1.82, 2.24) is 4.90 Å². The molecule has 1 saturated carbocycles. The molecule has 1 heterocycles. The Balaban J connectivity index is 1.84. The minimum atomic E-state index is 0.0479. The van der Waals surface area contributed by atoms with Gasteiger partial charge in [0.15, 0.2) is 0 Å². The van der Waals surface area contributed by atoms with E-state index in [4.69, 9.17) is 10.5 Å². The second kappa shape index (κ2) is 6.36. The topological polar surface area (TPSA) is 38.5 Å². The van der Waals surface area contributed by atoms with Crippen LogP contribution in [0.2, 0.25) is 0 Å². The standard InChI is InChI=1S/C15H30N2O/c1-3-17(11-14-7-5-9-18-14)12-15(16)8-4-6-13(2)10-15/h13-14H,3-12,16H2,1-2H3. The summed E-state index contributed by atoms with van der Waals surface area (Å²) in [6, 6.07) is 0. The summed E-state index contributed by atoms with van der Waals surface area (Å²) < 4.78 is 5.75. The predicted octanol–water partition coefficient (Wildman–Crippen LogP) is 2.39. The average Bonchev–Trinajstić information content (AvgIpc) is 2.80. The van der Waals surface area contributed by atoms with Crippen LogP contribution in [0, 0.1) is 5.92 Å². The number of rotatable bonds is 5. The molecule has 2 fully saturated rings. The fraction of sp³-hybridized carbons (Fsp3) is 1.00. The number of nitrogens with two attached hydrogens (primary N) is 1. The maximum Gasteiger partial charge on any atom is 0.0702 e. The highest BCUT2D eigenvalue weighted by molar-refractivity contribution is 4.92. The van der Waals surface area contributed by atoms with Crippen molar-refractivity contribution < 1.29 is 4.74 Å². The minimum Gasteiger partial charge on any atom is -0.377 e. The van der Waals surface area contributed by atoms with Crippen molar-refractivity contribution in [2.75, 3.05) is 26.2 Å². The van der Waals surface area contributed by atoms with Gasteiger partial charge in [-0.15, -0.1) is 0 Å². The van der Waals surface area contributed by atoms with Crippen LogP contribution in [0.5, 0.6) is 0 Å². The van der Waals surface area contributed by atoms with Crippen LogP contribution in [0.4, 0.5) is 0 Å². The van der Waals surface area contributed by atoms with Crippen molar-refractivity contribution in [3.8, 4) is 0 Å². The van der Waals surface area contributed by atoms with Crippen LogP contribution in [-0.4, -0.2) is 42.8 Å². The van der Waals surface area contributed by atoms with Gasteiger partial charge in [0, 0.05) is 25.2 Å². The first-order chi connectivity index (χ1) is 8.61. The summed E-state index contributed by atoms with van der Waals surface area (Å²) in [6.07, 6.45) is 7.95. The van der Waals surface area contributed by atoms with Gasteiger partial charge in [0.2, 0.25) is 0 Å². The summed E-state index contributed by atoms with van der Waals surface area (Å²) in [7, 11) is 0. The molecule has 1 aliphatic heterocycles. The van der Waals surface area contributed by atoms with E-state index in [1.54, 1.807) is 0 Å². The van der Waals surface area contributed by atoms with Crippen molar-refractivity contribution in [2.45, 2.75) is 64.0 Å². The zero-order valence-corrected chi connectivity index (χ0v) is 12.2. The van der Waals surface area contributed by atoms with Gasteiger partial charge >= 0.3 is 0 Å². The predicted molar refractivity (Wildman–Crippen MR) is 75.6 cm³/mol. The molecule has 2 N–H and O–H groups in total. The maximum atomic E-state index is 6.62. The van der Waals surface area contributed by atoms with Gasteiger partial charge in [-0.3, -0.25) is 4.90 Å². The van der Waals surface area contributed by atoms with Gasteiger partial charge in [-0.25, -0.2) is 0 Å². The van der Waals surface area contributed by atoms with Gasteiger partial charge in [-0.05, 0) is 38.1 Å². The Bertz CT molecular complexity index is 253. The largest absolute Gasteiger partial charge is 0.377 e. The van der Waals surface area contributed by atoms with Crippen molar-refractivity contribution in [1.29, 1.82) is 0 Å². The van der Waals surface area contributed by atoms with Crippen LogP contribution in [0.1, 0.15) is 52.4 Å². The van der Waals surface area contributed by atoms with E-state index in [1.807, 2.05) is 0 Å². The zero-order valence-electron chi connectivity index (χ0n) is 12.2. The van der Waals surface area contributed by atoms with Crippen molar-refractivity contribution >= 4 is 0 Å². The quantitative estimate of drug-likeness (QED) is 0.819. The molecule has 1 saturated heterocycles. The van der Waals surface area contributed by atoms with Gasteiger partial charge in [0.1, 0.15) is 0 Å². The molecule has 3 heteroatoms. The Labute approximate surface area is 112 Å². The summed E-state index contributed by atoms with van der Waals surface area (Å²) in [5, 5.41) is 0. The lowest BCUT2D eigenvalue weighted by Crippen LogP contribution is -2.53. The molecule has 3 atom stereocenters. The van der Waals surface area contributed by atoms with Crippen LogP contribution >= 0.6 is 0 Å². The van der Waals surface area contributed by atoms with Crippen LogP contribution in [0.3, 0.4) is 0 Å². The number of nitrogens with zero attached hydrogens (tertiary/aromatic N) is 1. The summed E-state index contributed by atoms with van der Waals surface area (Å²) in [5.74, 6) is 0.796. The lowest BCUT2D eigenvalue weighted by molar-refractivity contribution is 0.0600. The molecule has 2 aliphatic rings. The number of hydrogen-bond acceptors (Lipinski definition) is 3. The summed E-state index contributed by atoms with van der Waals surface area (Å²) in [6.45, 7) is 8.75. The number of ether oxygens (including phenoxy) is 1. The van der Waals surface area contributed by atoms with E-state index in [0.717, 1.165) is 32.2 Å². The van der Waals surface area contributed by atoms with E-state index >= 15 is 0 Å². The lowest BCUT2D eigenvalue weighted by atomic mass is 9.77. The molecule has 0 radical (unpaired) electrons. The fourth-order valence-corrected chi connectivity index (χ4v) is 3.67. The molecule has 18 heavy (non-hydrogen) atoms. The summed E-state index contributed by atoms with van der Waals surface area (Å²) in [4.78, 5) is 2.51. The number of likely N-dealkylation sites (N-methyl/N-ethyl adjacent to an activating group) is 1. The Hall–Kier alpha value is -0.120. The van der Waals surface area contributed by atoms with E-state index in [1.165, 1.54) is 38.5 Å². The third-order valence-electron chi connectivity index (χ3n) is 4.60. The second-order valence-electron chi connectivity index (χ2n) is 6.53. The van der Waals surface area contributed by atoms with Crippen LogP contribution < -0.4 is 5.73 Å². The molecule has 1 aliphatic carbocycles. The van der Waals surface area contributed by atoms with E-state index in [0.29, 0.717) is 6.10 Å². The van der Waals surface area contributed by atoms with Crippen molar-refractivity contribution in [3.63, 3.8) is 0 Å². The van der Waals surface area contributed by atoms with E-state index in [9.17, 15) is 0 Å². The maximum absolute atomic E-state index is 6.62.